The normalized spacial score (nSPS) is 34.1. The first-order valence-corrected chi connectivity index (χ1v) is 8.59. The third-order valence-corrected chi connectivity index (χ3v) is 5.67. The van der Waals surface area contributed by atoms with Crippen LogP contribution in [0.3, 0.4) is 0 Å². The molecule has 0 aromatic carbocycles. The second-order valence-corrected chi connectivity index (χ2v) is 8.11. The van der Waals surface area contributed by atoms with E-state index in [0.717, 1.165) is 19.5 Å². The lowest BCUT2D eigenvalue weighted by Crippen LogP contribution is -2.33. The van der Waals surface area contributed by atoms with E-state index in [0.29, 0.717) is 29.5 Å². The molecule has 2 aliphatic heterocycles. The van der Waals surface area contributed by atoms with Crippen LogP contribution in [0, 0.1) is 17.8 Å². The van der Waals surface area contributed by atoms with Crippen molar-refractivity contribution in [2.24, 2.45) is 22.9 Å². The minimum absolute atomic E-state index is 0.0836. The topological polar surface area (TPSA) is 59.7 Å². The van der Waals surface area contributed by atoms with Gasteiger partial charge in [-0.25, -0.2) is 4.98 Å². The summed E-state index contributed by atoms with van der Waals surface area (Å²) in [6, 6.07) is 0.573. The maximum Gasteiger partial charge on any atom is 0.274 e. The Labute approximate surface area is 135 Å². The lowest BCUT2D eigenvalue weighted by Gasteiger charge is -2.19. The van der Waals surface area contributed by atoms with Crippen LogP contribution >= 0.6 is 0 Å². The number of likely N-dealkylation sites (tertiary alicyclic amines) is 1. The molecule has 23 heavy (non-hydrogen) atoms. The number of hydrogen-bond donors (Lipinski definition) is 0. The first-order valence-electron chi connectivity index (χ1n) is 8.59. The molecular weight excluding hydrogens is 292 g/mol. The van der Waals surface area contributed by atoms with Crippen LogP contribution in [0.1, 0.15) is 49.6 Å². The van der Waals surface area contributed by atoms with Crippen LogP contribution in [0.4, 0.5) is 0 Å². The van der Waals surface area contributed by atoms with Crippen molar-refractivity contribution in [3.05, 3.63) is 18.2 Å². The van der Waals surface area contributed by atoms with Gasteiger partial charge in [-0.15, -0.1) is 0 Å². The predicted octanol–water partition coefficient (Wildman–Crippen LogP) is 2.09. The number of carbonyl (C=O) groups excluding carboxylic acids is 1. The molecule has 122 valence electrons. The van der Waals surface area contributed by atoms with Crippen molar-refractivity contribution < 1.29 is 9.63 Å². The number of rotatable bonds is 3. The Hall–Kier alpha value is -1.85. The highest BCUT2D eigenvalue weighted by atomic mass is 16.7. The van der Waals surface area contributed by atoms with Crippen molar-refractivity contribution in [2.45, 2.75) is 44.8 Å². The molecule has 3 atom stereocenters. The van der Waals surface area contributed by atoms with Gasteiger partial charge in [0.25, 0.3) is 5.91 Å². The van der Waals surface area contributed by atoms with E-state index >= 15 is 0 Å². The molecule has 6 nitrogen and oxygen atoms in total. The van der Waals surface area contributed by atoms with Crippen molar-refractivity contribution in [3.63, 3.8) is 0 Å². The zero-order valence-corrected chi connectivity index (χ0v) is 13.6. The van der Waals surface area contributed by atoms with E-state index in [1.807, 2.05) is 11.1 Å². The molecule has 1 aromatic heterocycles. The number of carbonyl (C=O) groups is 1. The summed E-state index contributed by atoms with van der Waals surface area (Å²) < 4.78 is 2.08. The number of amides is 1. The first-order chi connectivity index (χ1) is 11.0. The van der Waals surface area contributed by atoms with Crippen LogP contribution in [-0.4, -0.2) is 44.8 Å². The van der Waals surface area contributed by atoms with E-state index in [-0.39, 0.29) is 11.5 Å². The SMILES string of the molecule is CC1(C)CC(C2[C@H]3CN(C(=O)c4cn(C5CC5)cn4)C[C@@H]23)=NO1. The van der Waals surface area contributed by atoms with Crippen LogP contribution < -0.4 is 0 Å². The average molecular weight is 314 g/mol. The highest BCUT2D eigenvalue weighted by molar-refractivity contribution is 5.94. The highest BCUT2D eigenvalue weighted by Gasteiger charge is 2.60. The molecule has 3 heterocycles. The molecule has 3 fully saturated rings. The number of imidazole rings is 1. The number of hydrogen-bond acceptors (Lipinski definition) is 4. The first kappa shape index (κ1) is 13.6. The summed E-state index contributed by atoms with van der Waals surface area (Å²) in [5.74, 6) is 1.76. The number of oxime groups is 1. The summed E-state index contributed by atoms with van der Waals surface area (Å²) >= 11 is 0. The zero-order chi connectivity index (χ0) is 15.8. The monoisotopic (exact) mass is 314 g/mol. The van der Waals surface area contributed by atoms with Crippen LogP contribution in [0.15, 0.2) is 17.7 Å². The molecule has 2 aliphatic carbocycles. The van der Waals surface area contributed by atoms with Gasteiger partial charge in [0, 0.05) is 37.7 Å². The van der Waals surface area contributed by atoms with Gasteiger partial charge >= 0.3 is 0 Å². The molecule has 0 radical (unpaired) electrons. The lowest BCUT2D eigenvalue weighted by molar-refractivity contribution is 0.0123. The van der Waals surface area contributed by atoms with Crippen molar-refractivity contribution in [1.29, 1.82) is 0 Å². The van der Waals surface area contributed by atoms with Gasteiger partial charge in [-0.05, 0) is 38.5 Å². The molecule has 5 rings (SSSR count). The Bertz CT molecular complexity index is 691. The molecular formula is C17H22N4O2. The summed E-state index contributed by atoms with van der Waals surface area (Å²) in [7, 11) is 0. The number of nitrogens with zero attached hydrogens (tertiary/aromatic N) is 4. The summed E-state index contributed by atoms with van der Waals surface area (Å²) in [4.78, 5) is 24.4. The van der Waals surface area contributed by atoms with Gasteiger partial charge < -0.3 is 14.3 Å². The van der Waals surface area contributed by atoms with Gasteiger partial charge in [0.2, 0.25) is 0 Å². The van der Waals surface area contributed by atoms with Crippen LogP contribution in [-0.2, 0) is 4.84 Å². The lowest BCUT2D eigenvalue weighted by atomic mass is 9.98. The number of fused-ring (bicyclic) bond motifs is 1. The third-order valence-electron chi connectivity index (χ3n) is 5.67. The molecule has 2 saturated carbocycles. The van der Waals surface area contributed by atoms with E-state index in [9.17, 15) is 4.79 Å². The average Bonchev–Trinajstić information content (AvgIpc) is 3.30. The molecule has 1 amide bonds. The second-order valence-electron chi connectivity index (χ2n) is 8.11. The van der Waals surface area contributed by atoms with Crippen LogP contribution in [0.2, 0.25) is 0 Å². The van der Waals surface area contributed by atoms with E-state index in [4.69, 9.17) is 4.84 Å². The van der Waals surface area contributed by atoms with Gasteiger partial charge in [0.15, 0.2) is 0 Å². The largest absolute Gasteiger partial charge is 0.389 e. The summed E-state index contributed by atoms with van der Waals surface area (Å²) in [5, 5.41) is 4.29. The molecule has 1 saturated heterocycles. The molecule has 0 bridgehead atoms. The summed E-state index contributed by atoms with van der Waals surface area (Å²) in [5.41, 5.74) is 1.64. The fraction of sp³-hybridized carbons (Fsp3) is 0.706. The fourth-order valence-corrected chi connectivity index (χ4v) is 4.23. The number of aromatic nitrogens is 2. The van der Waals surface area contributed by atoms with Gasteiger partial charge in [-0.3, -0.25) is 4.79 Å². The Balaban J connectivity index is 1.22. The van der Waals surface area contributed by atoms with Crippen molar-refractivity contribution in [1.82, 2.24) is 14.5 Å². The van der Waals surface area contributed by atoms with Gasteiger partial charge in [-0.2, -0.15) is 0 Å². The van der Waals surface area contributed by atoms with Crippen LogP contribution in [0.5, 0.6) is 0 Å². The molecule has 1 aromatic rings. The van der Waals surface area contributed by atoms with E-state index in [1.165, 1.54) is 18.6 Å². The van der Waals surface area contributed by atoms with Gasteiger partial charge in [0.05, 0.1) is 12.0 Å². The minimum atomic E-state index is -0.155. The van der Waals surface area contributed by atoms with Gasteiger partial charge in [0.1, 0.15) is 11.3 Å². The smallest absolute Gasteiger partial charge is 0.274 e. The fourth-order valence-electron chi connectivity index (χ4n) is 4.23. The molecule has 6 heteroatoms. The van der Waals surface area contributed by atoms with E-state index < -0.39 is 0 Å². The molecule has 0 N–H and O–H groups in total. The maximum atomic E-state index is 12.6. The van der Waals surface area contributed by atoms with Crippen LogP contribution in [0.25, 0.3) is 0 Å². The predicted molar refractivity (Wildman–Crippen MR) is 84.1 cm³/mol. The molecule has 0 spiro atoms. The highest BCUT2D eigenvalue weighted by Crippen LogP contribution is 2.54. The van der Waals surface area contributed by atoms with Crippen molar-refractivity contribution >= 4 is 11.6 Å². The van der Waals surface area contributed by atoms with Gasteiger partial charge in [-0.1, -0.05) is 5.16 Å². The Kier molecular flexibility index (Phi) is 2.58. The molecule has 1 unspecified atom stereocenters. The molecule has 4 aliphatic rings. The van der Waals surface area contributed by atoms with E-state index in [2.05, 4.69) is 28.6 Å². The second kappa shape index (κ2) is 4.36. The zero-order valence-electron chi connectivity index (χ0n) is 13.6. The quantitative estimate of drug-likeness (QED) is 0.858. The Morgan fingerprint density at radius 3 is 2.65 bits per heavy atom. The maximum absolute atomic E-state index is 12.6. The standard InChI is InChI=1S/C17H22N4O2/c1-17(2)5-13(19-23-17)15-11-6-20(7-12(11)15)16(22)14-8-21(9-18-14)10-3-4-10/h8-12,15H,3-7H2,1-2H3/t11-,12+,15?. The van der Waals surface area contributed by atoms with Crippen molar-refractivity contribution in [3.8, 4) is 0 Å². The number of piperidine rings is 1. The summed E-state index contributed by atoms with van der Waals surface area (Å²) in [6.07, 6.45) is 7.06. The van der Waals surface area contributed by atoms with E-state index in [1.54, 1.807) is 6.33 Å². The summed E-state index contributed by atoms with van der Waals surface area (Å²) in [6.45, 7) is 5.83. The third kappa shape index (κ3) is 2.18. The Morgan fingerprint density at radius 1 is 1.30 bits per heavy atom. The minimum Gasteiger partial charge on any atom is -0.389 e. The van der Waals surface area contributed by atoms with Crippen molar-refractivity contribution in [2.75, 3.05) is 13.1 Å². The Morgan fingerprint density at radius 2 is 2.04 bits per heavy atom.